The zero-order valence-corrected chi connectivity index (χ0v) is 16.6. The Hall–Kier alpha value is -3.19. The van der Waals surface area contributed by atoms with Crippen LogP contribution < -0.4 is 11.1 Å². The van der Waals surface area contributed by atoms with E-state index in [0.29, 0.717) is 5.56 Å². The second-order valence-electron chi connectivity index (χ2n) is 5.34. The van der Waals surface area contributed by atoms with E-state index in [0.717, 1.165) is 11.1 Å². The fourth-order valence-corrected chi connectivity index (χ4v) is 1.87. The van der Waals surface area contributed by atoms with Crippen LogP contribution in [0.2, 0.25) is 0 Å². The van der Waals surface area contributed by atoms with E-state index in [1.807, 2.05) is 56.3 Å². The Morgan fingerprint density at radius 1 is 1.00 bits per heavy atom. The van der Waals surface area contributed by atoms with Gasteiger partial charge in [-0.3, -0.25) is 9.59 Å². The Morgan fingerprint density at radius 3 is 1.93 bits per heavy atom. The molecule has 0 heterocycles. The van der Waals surface area contributed by atoms with Gasteiger partial charge in [0.2, 0.25) is 5.91 Å². The average molecular weight is 388 g/mol. The number of hydrogen-bond donors (Lipinski definition) is 3. The van der Waals surface area contributed by atoms with Crippen molar-refractivity contribution < 1.29 is 24.2 Å². The first-order valence-corrected chi connectivity index (χ1v) is 8.84. The molecular formula is C21H28N2O5. The van der Waals surface area contributed by atoms with Gasteiger partial charge in [0.25, 0.3) is 0 Å². The third-order valence-electron chi connectivity index (χ3n) is 3.24. The summed E-state index contributed by atoms with van der Waals surface area (Å²) < 4.78 is 4.64. The Labute approximate surface area is 165 Å². The molecule has 1 amide bonds. The maximum Gasteiger partial charge on any atom is 0.337 e. The number of carbonyl (C=O) groups is 3. The molecule has 7 nitrogen and oxygen atoms in total. The number of carboxylic acid groups (broad SMARTS) is 1. The Kier molecular flexibility index (Phi) is 12.4. The number of hydrogen-bond acceptors (Lipinski definition) is 5. The first-order valence-electron chi connectivity index (χ1n) is 8.84. The van der Waals surface area contributed by atoms with Gasteiger partial charge in [0.05, 0.1) is 18.7 Å². The van der Waals surface area contributed by atoms with Crippen molar-refractivity contribution in [1.82, 2.24) is 5.32 Å². The van der Waals surface area contributed by atoms with Crippen LogP contribution in [0.4, 0.5) is 0 Å². The number of carbonyl (C=O) groups excluding carboxylic acids is 2. The Morgan fingerprint density at radius 2 is 1.50 bits per heavy atom. The van der Waals surface area contributed by atoms with E-state index >= 15 is 0 Å². The molecule has 2 aromatic rings. The molecule has 0 aliphatic carbocycles. The third kappa shape index (κ3) is 9.49. The monoisotopic (exact) mass is 388 g/mol. The topological polar surface area (TPSA) is 119 Å². The lowest BCUT2D eigenvalue weighted by molar-refractivity contribution is -0.138. The minimum absolute atomic E-state index is 0.306. The van der Waals surface area contributed by atoms with Gasteiger partial charge in [-0.15, -0.1) is 0 Å². The van der Waals surface area contributed by atoms with Gasteiger partial charge in [-0.1, -0.05) is 56.3 Å². The molecule has 0 spiro atoms. The highest BCUT2D eigenvalue weighted by molar-refractivity contribution is 5.90. The van der Waals surface area contributed by atoms with E-state index in [-0.39, 0.29) is 12.5 Å². The quantitative estimate of drug-likeness (QED) is 0.678. The van der Waals surface area contributed by atoms with Crippen LogP contribution in [0.3, 0.4) is 0 Å². The molecule has 0 saturated carbocycles. The number of rotatable bonds is 5. The number of aliphatic carboxylic acids is 1. The molecule has 0 aromatic heterocycles. The number of esters is 1. The summed E-state index contributed by atoms with van der Waals surface area (Å²) in [4.78, 5) is 31.7. The van der Waals surface area contributed by atoms with Crippen molar-refractivity contribution in [3.05, 3.63) is 60.2 Å². The van der Waals surface area contributed by atoms with Crippen molar-refractivity contribution >= 4 is 17.8 Å². The zero-order valence-electron chi connectivity index (χ0n) is 16.6. The molecule has 2 rings (SSSR count). The molecule has 1 atom stereocenters. The van der Waals surface area contributed by atoms with Gasteiger partial charge < -0.3 is 20.9 Å². The van der Waals surface area contributed by atoms with Crippen LogP contribution in [-0.4, -0.2) is 42.6 Å². The maximum absolute atomic E-state index is 11.2. The summed E-state index contributed by atoms with van der Waals surface area (Å²) in [5, 5.41) is 10.2. The molecule has 28 heavy (non-hydrogen) atoms. The lowest BCUT2D eigenvalue weighted by Gasteiger charge is -2.03. The van der Waals surface area contributed by atoms with Gasteiger partial charge >= 0.3 is 11.9 Å². The van der Waals surface area contributed by atoms with Gasteiger partial charge in [-0.05, 0) is 30.2 Å². The molecular weight excluding hydrogens is 360 g/mol. The van der Waals surface area contributed by atoms with Crippen molar-refractivity contribution in [3.63, 3.8) is 0 Å². The number of methoxy groups -OCH3 is 1. The molecule has 0 fully saturated rings. The van der Waals surface area contributed by atoms with Crippen molar-refractivity contribution in [2.45, 2.75) is 26.8 Å². The first-order chi connectivity index (χ1) is 13.3. The second kappa shape index (κ2) is 13.9. The van der Waals surface area contributed by atoms with Gasteiger partial charge in [0.15, 0.2) is 0 Å². The molecule has 7 heteroatoms. The predicted molar refractivity (Wildman–Crippen MR) is 109 cm³/mol. The molecule has 0 aliphatic rings. The fourth-order valence-electron chi connectivity index (χ4n) is 1.87. The van der Waals surface area contributed by atoms with Crippen molar-refractivity contribution in [1.29, 1.82) is 0 Å². The van der Waals surface area contributed by atoms with Crippen LogP contribution in [0.15, 0.2) is 54.6 Å². The van der Waals surface area contributed by atoms with E-state index < -0.39 is 17.9 Å². The van der Waals surface area contributed by atoms with Crippen LogP contribution in [0, 0.1) is 0 Å². The van der Waals surface area contributed by atoms with E-state index in [4.69, 9.17) is 10.8 Å². The molecule has 0 radical (unpaired) electrons. The minimum Gasteiger partial charge on any atom is -0.480 e. The summed E-state index contributed by atoms with van der Waals surface area (Å²) in [5.41, 5.74) is 7.92. The normalized spacial score (nSPS) is 10.2. The lowest BCUT2D eigenvalue weighted by atomic mass is 10.0. The smallest absolute Gasteiger partial charge is 0.337 e. The second-order valence-corrected chi connectivity index (χ2v) is 5.34. The summed E-state index contributed by atoms with van der Waals surface area (Å²) in [6.45, 7) is 5.11. The van der Waals surface area contributed by atoms with Crippen molar-refractivity contribution in [2.24, 2.45) is 5.73 Å². The van der Waals surface area contributed by atoms with Crippen LogP contribution in [-0.2, 0) is 14.3 Å². The average Bonchev–Trinajstić information content (AvgIpc) is 2.74. The van der Waals surface area contributed by atoms with E-state index in [1.165, 1.54) is 14.0 Å². The maximum atomic E-state index is 11.2. The van der Waals surface area contributed by atoms with Gasteiger partial charge in [0, 0.05) is 0 Å². The van der Waals surface area contributed by atoms with Crippen LogP contribution in [0.1, 0.15) is 31.1 Å². The molecule has 4 N–H and O–H groups in total. The van der Waals surface area contributed by atoms with E-state index in [9.17, 15) is 14.4 Å². The summed E-state index contributed by atoms with van der Waals surface area (Å²) in [6.07, 6.45) is 0. The van der Waals surface area contributed by atoms with Crippen LogP contribution in [0.25, 0.3) is 11.1 Å². The summed E-state index contributed by atoms with van der Waals surface area (Å²) in [5.74, 6) is -1.84. The number of amides is 1. The van der Waals surface area contributed by atoms with Crippen LogP contribution >= 0.6 is 0 Å². The number of carboxylic acids is 1. The molecule has 1 unspecified atom stereocenters. The van der Waals surface area contributed by atoms with Gasteiger partial charge in [0.1, 0.15) is 6.54 Å². The van der Waals surface area contributed by atoms with E-state index in [2.05, 4.69) is 10.1 Å². The van der Waals surface area contributed by atoms with Crippen molar-refractivity contribution in [3.8, 4) is 11.1 Å². The highest BCUT2D eigenvalue weighted by atomic mass is 16.5. The highest BCUT2D eigenvalue weighted by Crippen LogP contribution is 2.19. The number of nitrogens with two attached hydrogens (primary N) is 1. The summed E-state index contributed by atoms with van der Waals surface area (Å²) in [7, 11) is 1.38. The number of ether oxygens (including phenoxy) is 1. The Bertz CT molecular complexity index is 728. The standard InChI is InChI=1S/C14H12O2.C5H10N2O3.C2H6/c1-16-14(15)13-9-7-12(8-10-13)11-5-3-2-4-6-11;1-3(6)5(10)7-2-4(8)9;1-2/h2-10H,1H3;3H,2,6H2,1H3,(H,7,10)(H,8,9);1-2H3. The first kappa shape index (κ1) is 24.8. The van der Waals surface area contributed by atoms with Gasteiger partial charge in [-0.2, -0.15) is 0 Å². The minimum atomic E-state index is -1.07. The van der Waals surface area contributed by atoms with Crippen molar-refractivity contribution in [2.75, 3.05) is 13.7 Å². The predicted octanol–water partition coefficient (Wildman–Crippen LogP) is 2.70. The summed E-state index contributed by atoms with van der Waals surface area (Å²) >= 11 is 0. The molecule has 0 bridgehead atoms. The number of nitrogens with one attached hydrogen (secondary N) is 1. The molecule has 152 valence electrons. The Balaban J connectivity index is 0.000000528. The lowest BCUT2D eigenvalue weighted by Crippen LogP contribution is -2.40. The fraction of sp³-hybridized carbons (Fsp3) is 0.286. The zero-order chi connectivity index (χ0) is 21.5. The number of benzene rings is 2. The SMILES string of the molecule is CC.CC(N)C(=O)NCC(=O)O.COC(=O)c1ccc(-c2ccccc2)cc1. The summed E-state index contributed by atoms with van der Waals surface area (Å²) in [6, 6.07) is 16.8. The molecule has 0 saturated heterocycles. The largest absolute Gasteiger partial charge is 0.480 e. The van der Waals surface area contributed by atoms with E-state index in [1.54, 1.807) is 12.1 Å². The van der Waals surface area contributed by atoms with Crippen LogP contribution in [0.5, 0.6) is 0 Å². The van der Waals surface area contributed by atoms with Gasteiger partial charge in [-0.25, -0.2) is 4.79 Å². The third-order valence-corrected chi connectivity index (χ3v) is 3.24. The molecule has 0 aliphatic heterocycles. The highest BCUT2D eigenvalue weighted by Gasteiger charge is 2.07. The molecule has 2 aromatic carbocycles.